The van der Waals surface area contributed by atoms with Crippen LogP contribution in [-0.2, 0) is 21.2 Å². The minimum atomic E-state index is -4.37. The van der Waals surface area contributed by atoms with Gasteiger partial charge in [-0.3, -0.25) is 19.5 Å². The average Bonchev–Trinajstić information content (AvgIpc) is 2.67. The highest BCUT2D eigenvalue weighted by atomic mass is 127. The molecule has 3 rings (SSSR count). The highest BCUT2D eigenvalue weighted by Gasteiger charge is 2.40. The highest BCUT2D eigenvalue weighted by molar-refractivity contribution is 14.0. The molecule has 2 amide bonds. The number of hydrogen-bond donors (Lipinski definition) is 2. The Labute approximate surface area is 197 Å². The minimum Gasteiger partial charge on any atom is -0.356 e. The van der Waals surface area contributed by atoms with Crippen LogP contribution in [0.15, 0.2) is 29.3 Å². The molecule has 0 spiro atoms. The molecule has 0 atom stereocenters. The number of nitrogens with zero attached hydrogens (tertiary/aromatic N) is 2. The standard InChI is InChI=1S/C21H27F3N4O2.HI/c1-25-19(26-11-12-28-17(29)7-3-8-18(28)30)27-14-20(9-4-10-20)15-5-2-6-16(13-15)21(22,23)24;/h2,5-6,13H,3-4,7-12,14H2,1H3,(H2,25,26,27);1H. The van der Waals surface area contributed by atoms with Crippen LogP contribution in [0.2, 0.25) is 0 Å². The molecule has 1 aliphatic heterocycles. The number of guanidine groups is 1. The summed E-state index contributed by atoms with van der Waals surface area (Å²) in [5.74, 6) is 0.174. The smallest absolute Gasteiger partial charge is 0.356 e. The number of likely N-dealkylation sites (tertiary alicyclic amines) is 1. The van der Waals surface area contributed by atoms with Crippen molar-refractivity contribution in [2.45, 2.75) is 50.1 Å². The largest absolute Gasteiger partial charge is 0.416 e. The number of amides is 2. The van der Waals surface area contributed by atoms with E-state index in [9.17, 15) is 22.8 Å². The van der Waals surface area contributed by atoms with E-state index in [0.29, 0.717) is 43.9 Å². The molecule has 172 valence electrons. The monoisotopic (exact) mass is 552 g/mol. The van der Waals surface area contributed by atoms with Gasteiger partial charge in [0.15, 0.2) is 5.96 Å². The fraction of sp³-hybridized carbons (Fsp3) is 0.571. The van der Waals surface area contributed by atoms with E-state index in [0.717, 1.165) is 25.3 Å². The molecule has 31 heavy (non-hydrogen) atoms. The molecule has 1 saturated carbocycles. The number of alkyl halides is 3. The molecule has 2 aliphatic rings. The van der Waals surface area contributed by atoms with E-state index in [-0.39, 0.29) is 47.8 Å². The lowest BCUT2D eigenvalue weighted by Crippen LogP contribution is -2.50. The van der Waals surface area contributed by atoms with Gasteiger partial charge in [0.2, 0.25) is 11.8 Å². The zero-order chi connectivity index (χ0) is 21.8. The summed E-state index contributed by atoms with van der Waals surface area (Å²) in [5, 5.41) is 6.28. The number of carbonyl (C=O) groups is 2. The third-order valence-electron chi connectivity index (χ3n) is 5.94. The SMILES string of the molecule is CN=C(NCCN1C(=O)CCCC1=O)NCC1(c2cccc(C(F)(F)F)c2)CCC1.I. The van der Waals surface area contributed by atoms with Crippen molar-refractivity contribution in [2.24, 2.45) is 4.99 Å². The molecule has 6 nitrogen and oxygen atoms in total. The third-order valence-corrected chi connectivity index (χ3v) is 5.94. The molecule has 1 saturated heterocycles. The molecular formula is C21H28F3IN4O2. The van der Waals surface area contributed by atoms with Crippen LogP contribution in [0.25, 0.3) is 0 Å². The summed E-state index contributed by atoms with van der Waals surface area (Å²) in [6, 6.07) is 5.54. The number of carbonyl (C=O) groups excluding carboxylic acids is 2. The van der Waals surface area contributed by atoms with E-state index in [1.54, 1.807) is 13.1 Å². The van der Waals surface area contributed by atoms with Crippen LogP contribution in [0.4, 0.5) is 13.2 Å². The zero-order valence-electron chi connectivity index (χ0n) is 17.4. The lowest BCUT2D eigenvalue weighted by atomic mass is 9.64. The Bertz CT molecular complexity index is 809. The lowest BCUT2D eigenvalue weighted by Gasteiger charge is -2.43. The van der Waals surface area contributed by atoms with Gasteiger partial charge in [0, 0.05) is 44.9 Å². The molecular weight excluding hydrogens is 524 g/mol. The van der Waals surface area contributed by atoms with E-state index in [4.69, 9.17) is 0 Å². The molecule has 0 aromatic heterocycles. The molecule has 1 heterocycles. The number of piperidine rings is 1. The van der Waals surface area contributed by atoms with Gasteiger partial charge < -0.3 is 10.6 Å². The van der Waals surface area contributed by atoms with Crippen LogP contribution in [0.3, 0.4) is 0 Å². The van der Waals surface area contributed by atoms with Crippen molar-refractivity contribution in [1.29, 1.82) is 0 Å². The Balaban J connectivity index is 0.00000341. The first-order valence-corrected chi connectivity index (χ1v) is 10.2. The van der Waals surface area contributed by atoms with Crippen LogP contribution in [0.5, 0.6) is 0 Å². The lowest BCUT2D eigenvalue weighted by molar-refractivity contribution is -0.147. The van der Waals surface area contributed by atoms with Crippen molar-refractivity contribution >= 4 is 41.8 Å². The molecule has 10 heteroatoms. The Kier molecular flexibility index (Phi) is 8.73. The number of benzene rings is 1. The maximum absolute atomic E-state index is 13.1. The van der Waals surface area contributed by atoms with Crippen molar-refractivity contribution < 1.29 is 22.8 Å². The number of nitrogens with one attached hydrogen (secondary N) is 2. The zero-order valence-corrected chi connectivity index (χ0v) is 19.8. The second-order valence-electron chi connectivity index (χ2n) is 7.86. The number of hydrogen-bond acceptors (Lipinski definition) is 3. The topological polar surface area (TPSA) is 73.8 Å². The van der Waals surface area contributed by atoms with Gasteiger partial charge in [0.1, 0.15) is 0 Å². The molecule has 1 aromatic carbocycles. The van der Waals surface area contributed by atoms with Gasteiger partial charge in [-0.2, -0.15) is 13.2 Å². The number of halogens is 4. The van der Waals surface area contributed by atoms with Crippen LogP contribution in [0, 0.1) is 0 Å². The average molecular weight is 552 g/mol. The normalized spacial score (nSPS) is 18.8. The summed E-state index contributed by atoms with van der Waals surface area (Å²) in [7, 11) is 1.60. The summed E-state index contributed by atoms with van der Waals surface area (Å²) in [6.07, 6.45) is -0.429. The van der Waals surface area contributed by atoms with E-state index in [1.807, 2.05) is 0 Å². The quantitative estimate of drug-likeness (QED) is 0.246. The van der Waals surface area contributed by atoms with Gasteiger partial charge in [-0.15, -0.1) is 24.0 Å². The molecule has 1 aliphatic carbocycles. The van der Waals surface area contributed by atoms with Crippen molar-refractivity contribution in [1.82, 2.24) is 15.5 Å². The number of rotatable bonds is 6. The van der Waals surface area contributed by atoms with Crippen LogP contribution >= 0.6 is 24.0 Å². The first-order chi connectivity index (χ1) is 14.2. The second kappa shape index (κ2) is 10.6. The third kappa shape index (κ3) is 6.11. The van der Waals surface area contributed by atoms with Gasteiger partial charge in [0.05, 0.1) is 5.56 Å². The second-order valence-corrected chi connectivity index (χ2v) is 7.86. The van der Waals surface area contributed by atoms with Crippen molar-refractivity contribution in [3.05, 3.63) is 35.4 Å². The van der Waals surface area contributed by atoms with Crippen molar-refractivity contribution in [2.75, 3.05) is 26.7 Å². The van der Waals surface area contributed by atoms with E-state index < -0.39 is 11.7 Å². The molecule has 0 bridgehead atoms. The van der Waals surface area contributed by atoms with Gasteiger partial charge >= 0.3 is 6.18 Å². The molecule has 2 fully saturated rings. The summed E-state index contributed by atoms with van der Waals surface area (Å²) in [5.41, 5.74) is -0.321. The van der Waals surface area contributed by atoms with Gasteiger partial charge in [-0.1, -0.05) is 24.6 Å². The fourth-order valence-corrected chi connectivity index (χ4v) is 4.01. The van der Waals surface area contributed by atoms with Crippen molar-refractivity contribution in [3.63, 3.8) is 0 Å². The molecule has 0 unspecified atom stereocenters. The molecule has 1 aromatic rings. The summed E-state index contributed by atoms with van der Waals surface area (Å²) in [4.78, 5) is 29.1. The Morgan fingerprint density at radius 1 is 1.13 bits per heavy atom. The Morgan fingerprint density at radius 3 is 2.35 bits per heavy atom. The maximum atomic E-state index is 13.1. The predicted octanol–water partition coefficient (Wildman–Crippen LogP) is 3.45. The Morgan fingerprint density at radius 2 is 1.81 bits per heavy atom. The van der Waals surface area contributed by atoms with E-state index in [2.05, 4.69) is 15.6 Å². The first kappa shape index (κ1) is 25.4. The number of imide groups is 1. The summed E-state index contributed by atoms with van der Waals surface area (Å²) in [6.45, 7) is 1.07. The summed E-state index contributed by atoms with van der Waals surface area (Å²) >= 11 is 0. The van der Waals surface area contributed by atoms with Crippen molar-refractivity contribution in [3.8, 4) is 0 Å². The van der Waals surface area contributed by atoms with Crippen LogP contribution in [-0.4, -0.2) is 49.4 Å². The fourth-order valence-electron chi connectivity index (χ4n) is 4.01. The predicted molar refractivity (Wildman–Crippen MR) is 122 cm³/mol. The van der Waals surface area contributed by atoms with Gasteiger partial charge in [-0.05, 0) is 30.9 Å². The van der Waals surface area contributed by atoms with Crippen LogP contribution < -0.4 is 10.6 Å². The Hall–Kier alpha value is -1.85. The highest BCUT2D eigenvalue weighted by Crippen LogP contribution is 2.44. The minimum absolute atomic E-state index is 0. The van der Waals surface area contributed by atoms with Gasteiger partial charge in [0.25, 0.3) is 0 Å². The van der Waals surface area contributed by atoms with E-state index in [1.165, 1.54) is 17.0 Å². The number of aliphatic imine (C=N–C) groups is 1. The summed E-state index contributed by atoms with van der Waals surface area (Å²) < 4.78 is 39.3. The van der Waals surface area contributed by atoms with Gasteiger partial charge in [-0.25, -0.2) is 0 Å². The molecule has 0 radical (unpaired) electrons. The van der Waals surface area contributed by atoms with Crippen LogP contribution in [0.1, 0.15) is 49.7 Å². The maximum Gasteiger partial charge on any atom is 0.416 e. The van der Waals surface area contributed by atoms with E-state index >= 15 is 0 Å². The first-order valence-electron chi connectivity index (χ1n) is 10.2. The molecule has 2 N–H and O–H groups in total.